The summed E-state index contributed by atoms with van der Waals surface area (Å²) >= 11 is 0. The third-order valence-corrected chi connectivity index (χ3v) is 3.48. The van der Waals surface area contributed by atoms with Crippen molar-refractivity contribution < 1.29 is 9.47 Å². The molecule has 2 unspecified atom stereocenters. The van der Waals surface area contributed by atoms with Crippen molar-refractivity contribution in [3.63, 3.8) is 0 Å². The molecule has 1 N–H and O–H groups in total. The van der Waals surface area contributed by atoms with Crippen molar-refractivity contribution >= 4 is 0 Å². The topological polar surface area (TPSA) is 48.3 Å². The number of hydrogen-bond donors (Lipinski definition) is 1. The van der Waals surface area contributed by atoms with Gasteiger partial charge in [0.25, 0.3) is 0 Å². The summed E-state index contributed by atoms with van der Waals surface area (Å²) in [7, 11) is 1.73. The molecule has 1 aromatic rings. The summed E-state index contributed by atoms with van der Waals surface area (Å²) in [4.78, 5) is 4.22. The molecule has 2 rings (SSSR count). The molecule has 102 valence electrons. The lowest BCUT2D eigenvalue weighted by Gasteiger charge is -2.20. The summed E-state index contributed by atoms with van der Waals surface area (Å²) < 4.78 is 13.1. The largest absolute Gasteiger partial charge is 0.383 e. The fourth-order valence-corrected chi connectivity index (χ4v) is 2.46. The lowest BCUT2D eigenvalue weighted by Crippen LogP contribution is -2.28. The predicted octanol–water partition coefficient (Wildman–Crippen LogP) is 1.22. The van der Waals surface area contributed by atoms with Crippen LogP contribution in [0.1, 0.15) is 25.1 Å². The number of ether oxygens (including phenoxy) is 2. The highest BCUT2D eigenvalue weighted by Gasteiger charge is 2.31. The van der Waals surface area contributed by atoms with Crippen LogP contribution in [-0.2, 0) is 16.0 Å². The van der Waals surface area contributed by atoms with Crippen LogP contribution in [0.4, 0.5) is 0 Å². The summed E-state index contributed by atoms with van der Waals surface area (Å²) in [6.45, 7) is 6.54. The van der Waals surface area contributed by atoms with E-state index in [-0.39, 0.29) is 6.10 Å². The standard InChI is InChI=1S/C13H23N3O2/c1-3-16-10-15-9-12(16)13-11(4-6-18-13)8-14-5-7-17-2/h9-11,13-14H,3-8H2,1-2H3. The smallest absolute Gasteiger partial charge is 0.103 e. The monoisotopic (exact) mass is 253 g/mol. The van der Waals surface area contributed by atoms with Crippen molar-refractivity contribution in [2.45, 2.75) is 26.0 Å². The molecule has 18 heavy (non-hydrogen) atoms. The summed E-state index contributed by atoms with van der Waals surface area (Å²) in [5.41, 5.74) is 1.20. The zero-order chi connectivity index (χ0) is 12.8. The average molecular weight is 253 g/mol. The zero-order valence-electron chi connectivity index (χ0n) is 11.3. The van der Waals surface area contributed by atoms with Crippen LogP contribution in [0.2, 0.25) is 0 Å². The van der Waals surface area contributed by atoms with Crippen molar-refractivity contribution in [3.8, 4) is 0 Å². The van der Waals surface area contributed by atoms with Crippen LogP contribution < -0.4 is 5.32 Å². The highest BCUT2D eigenvalue weighted by atomic mass is 16.5. The highest BCUT2D eigenvalue weighted by Crippen LogP contribution is 2.33. The second kappa shape index (κ2) is 6.87. The number of nitrogens with zero attached hydrogens (tertiary/aromatic N) is 2. The van der Waals surface area contributed by atoms with Crippen LogP contribution in [0, 0.1) is 5.92 Å². The van der Waals surface area contributed by atoms with Crippen molar-refractivity contribution in [2.24, 2.45) is 5.92 Å². The molecule has 0 spiro atoms. The van der Waals surface area contributed by atoms with Gasteiger partial charge in [-0.25, -0.2) is 4.98 Å². The van der Waals surface area contributed by atoms with Gasteiger partial charge in [0.15, 0.2) is 0 Å². The van der Waals surface area contributed by atoms with E-state index in [1.54, 1.807) is 7.11 Å². The van der Waals surface area contributed by atoms with E-state index in [4.69, 9.17) is 9.47 Å². The molecule has 1 aromatic heterocycles. The van der Waals surface area contributed by atoms with Gasteiger partial charge in [-0.05, 0) is 13.3 Å². The van der Waals surface area contributed by atoms with Crippen molar-refractivity contribution in [2.75, 3.05) is 33.4 Å². The van der Waals surface area contributed by atoms with E-state index in [9.17, 15) is 0 Å². The van der Waals surface area contributed by atoms with Gasteiger partial charge in [0.1, 0.15) is 6.10 Å². The Morgan fingerprint density at radius 1 is 1.61 bits per heavy atom. The van der Waals surface area contributed by atoms with Gasteiger partial charge in [-0.1, -0.05) is 0 Å². The van der Waals surface area contributed by atoms with E-state index >= 15 is 0 Å². The molecule has 0 radical (unpaired) electrons. The molecule has 1 fully saturated rings. The van der Waals surface area contributed by atoms with Crippen LogP contribution in [-0.4, -0.2) is 43.0 Å². The lowest BCUT2D eigenvalue weighted by atomic mass is 9.99. The Kier molecular flexibility index (Phi) is 5.16. The first-order chi connectivity index (χ1) is 8.86. The fraction of sp³-hybridized carbons (Fsp3) is 0.769. The molecular formula is C13H23N3O2. The Bertz CT molecular complexity index is 354. The first-order valence-corrected chi connectivity index (χ1v) is 6.68. The molecule has 1 saturated heterocycles. The van der Waals surface area contributed by atoms with E-state index in [0.29, 0.717) is 5.92 Å². The van der Waals surface area contributed by atoms with E-state index in [1.807, 2.05) is 12.5 Å². The van der Waals surface area contributed by atoms with Crippen LogP contribution >= 0.6 is 0 Å². The number of methoxy groups -OCH3 is 1. The minimum Gasteiger partial charge on any atom is -0.383 e. The lowest BCUT2D eigenvalue weighted by molar-refractivity contribution is 0.0835. The number of nitrogens with one attached hydrogen (secondary N) is 1. The molecule has 5 nitrogen and oxygen atoms in total. The summed E-state index contributed by atoms with van der Waals surface area (Å²) in [5, 5.41) is 3.42. The second-order valence-corrected chi connectivity index (χ2v) is 4.64. The minimum atomic E-state index is 0.183. The molecule has 1 aliphatic heterocycles. The molecule has 0 amide bonds. The Morgan fingerprint density at radius 2 is 2.50 bits per heavy atom. The van der Waals surface area contributed by atoms with Gasteiger partial charge in [0, 0.05) is 39.3 Å². The van der Waals surface area contributed by atoms with Gasteiger partial charge >= 0.3 is 0 Å². The van der Waals surface area contributed by atoms with Crippen LogP contribution in [0.25, 0.3) is 0 Å². The van der Waals surface area contributed by atoms with Crippen molar-refractivity contribution in [1.82, 2.24) is 14.9 Å². The molecule has 0 aliphatic carbocycles. The van der Waals surface area contributed by atoms with E-state index in [1.165, 1.54) is 5.69 Å². The van der Waals surface area contributed by atoms with Gasteiger partial charge in [0.05, 0.1) is 24.8 Å². The quantitative estimate of drug-likeness (QED) is 0.742. The third kappa shape index (κ3) is 3.10. The first-order valence-electron chi connectivity index (χ1n) is 6.68. The predicted molar refractivity (Wildman–Crippen MR) is 69.4 cm³/mol. The fourth-order valence-electron chi connectivity index (χ4n) is 2.46. The van der Waals surface area contributed by atoms with Crippen molar-refractivity contribution in [3.05, 3.63) is 18.2 Å². The summed E-state index contributed by atoms with van der Waals surface area (Å²) in [5.74, 6) is 0.531. The molecule has 0 bridgehead atoms. The average Bonchev–Trinajstić information content (AvgIpc) is 3.02. The number of aryl methyl sites for hydroxylation is 1. The molecule has 2 heterocycles. The van der Waals surface area contributed by atoms with E-state index in [2.05, 4.69) is 21.8 Å². The Balaban J connectivity index is 1.91. The Morgan fingerprint density at radius 3 is 3.28 bits per heavy atom. The summed E-state index contributed by atoms with van der Waals surface area (Å²) in [6, 6.07) is 0. The molecular weight excluding hydrogens is 230 g/mol. The Labute approximate surface area is 108 Å². The maximum absolute atomic E-state index is 5.88. The summed E-state index contributed by atoms with van der Waals surface area (Å²) in [6.07, 6.45) is 5.11. The van der Waals surface area contributed by atoms with E-state index in [0.717, 1.165) is 39.3 Å². The molecule has 1 aliphatic rings. The van der Waals surface area contributed by atoms with Crippen LogP contribution in [0.15, 0.2) is 12.5 Å². The second-order valence-electron chi connectivity index (χ2n) is 4.64. The van der Waals surface area contributed by atoms with Gasteiger partial charge in [0.2, 0.25) is 0 Å². The van der Waals surface area contributed by atoms with E-state index < -0.39 is 0 Å². The molecule has 0 saturated carbocycles. The number of imidazole rings is 1. The zero-order valence-corrected chi connectivity index (χ0v) is 11.3. The molecule has 2 atom stereocenters. The van der Waals surface area contributed by atoms with Crippen LogP contribution in [0.3, 0.4) is 0 Å². The highest BCUT2D eigenvalue weighted by molar-refractivity contribution is 5.06. The normalized spacial score (nSPS) is 23.7. The van der Waals surface area contributed by atoms with Gasteiger partial charge in [-0.2, -0.15) is 0 Å². The SMILES string of the molecule is CCn1cncc1C1OCCC1CNCCOC. The molecule has 5 heteroatoms. The van der Waals surface area contributed by atoms with Crippen LogP contribution in [0.5, 0.6) is 0 Å². The van der Waals surface area contributed by atoms with Gasteiger partial charge in [-0.15, -0.1) is 0 Å². The maximum Gasteiger partial charge on any atom is 0.103 e. The number of aromatic nitrogens is 2. The third-order valence-electron chi connectivity index (χ3n) is 3.48. The maximum atomic E-state index is 5.88. The van der Waals surface area contributed by atoms with Gasteiger partial charge in [-0.3, -0.25) is 0 Å². The van der Waals surface area contributed by atoms with Gasteiger partial charge < -0.3 is 19.4 Å². The number of rotatable bonds is 7. The first kappa shape index (κ1) is 13.5. The minimum absolute atomic E-state index is 0.183. The molecule has 0 aromatic carbocycles. The Hall–Kier alpha value is -0.910. The van der Waals surface area contributed by atoms with Crippen molar-refractivity contribution in [1.29, 1.82) is 0 Å². The number of hydrogen-bond acceptors (Lipinski definition) is 4.